The van der Waals surface area contributed by atoms with E-state index < -0.39 is 5.78 Å². The molecule has 0 spiro atoms. The molecule has 1 aromatic rings. The topological polar surface area (TPSA) is 51.5 Å². The van der Waals surface area contributed by atoms with E-state index in [2.05, 4.69) is 20.8 Å². The largest absolute Gasteiger partial charge is 0.378 e. The molecule has 1 fully saturated rings. The van der Waals surface area contributed by atoms with Gasteiger partial charge in [0, 0.05) is 26.3 Å². The number of halogens is 1. The third-order valence-electron chi connectivity index (χ3n) is 2.78. The number of aryl methyl sites for hydroxylation is 1. The monoisotopic (exact) mass is 300 g/mol. The van der Waals surface area contributed by atoms with Crippen LogP contribution in [0.15, 0.2) is 10.7 Å². The summed E-state index contributed by atoms with van der Waals surface area (Å²) in [7, 11) is 1.76. The fraction of sp³-hybridized carbons (Fsp3) is 0.455. The fourth-order valence-electron chi connectivity index (χ4n) is 2.01. The first kappa shape index (κ1) is 12.3. The molecule has 92 valence electrons. The van der Waals surface area contributed by atoms with Crippen molar-refractivity contribution >= 4 is 33.7 Å². The van der Waals surface area contributed by atoms with E-state index in [0.29, 0.717) is 25.2 Å². The lowest BCUT2D eigenvalue weighted by molar-refractivity contribution is -0.104. The summed E-state index contributed by atoms with van der Waals surface area (Å²) in [6.45, 7) is 2.72. The SMILES string of the molecule is Cn1cc(Br)c(N2CCOCC2)c1C(=O)C=O. The molecule has 0 radical (unpaired) electrons. The highest BCUT2D eigenvalue weighted by molar-refractivity contribution is 9.10. The number of aromatic nitrogens is 1. The van der Waals surface area contributed by atoms with Gasteiger partial charge in [0.05, 0.1) is 23.4 Å². The van der Waals surface area contributed by atoms with Gasteiger partial charge >= 0.3 is 0 Å². The summed E-state index contributed by atoms with van der Waals surface area (Å²) in [6, 6.07) is 0. The number of ether oxygens (including phenoxy) is 1. The van der Waals surface area contributed by atoms with Crippen LogP contribution in [0.1, 0.15) is 10.5 Å². The second kappa shape index (κ2) is 5.01. The van der Waals surface area contributed by atoms with Gasteiger partial charge in [-0.1, -0.05) is 0 Å². The lowest BCUT2D eigenvalue weighted by atomic mass is 10.2. The van der Waals surface area contributed by atoms with Crippen molar-refractivity contribution < 1.29 is 14.3 Å². The summed E-state index contributed by atoms with van der Waals surface area (Å²) in [5, 5.41) is 0. The van der Waals surface area contributed by atoms with Crippen molar-refractivity contribution in [2.45, 2.75) is 0 Å². The highest BCUT2D eigenvalue weighted by atomic mass is 79.9. The van der Waals surface area contributed by atoms with E-state index in [1.807, 2.05) is 0 Å². The number of Topliss-reactive ketones (excluding diaryl/α,β-unsaturated/α-hetero) is 1. The lowest BCUT2D eigenvalue weighted by Gasteiger charge is -2.29. The van der Waals surface area contributed by atoms with Crippen molar-refractivity contribution in [3.8, 4) is 0 Å². The Bertz CT molecular complexity index is 450. The first-order valence-corrected chi connectivity index (χ1v) is 6.11. The Balaban J connectivity index is 2.43. The predicted molar refractivity (Wildman–Crippen MR) is 66.5 cm³/mol. The maximum absolute atomic E-state index is 11.6. The molecule has 1 aliphatic heterocycles. The van der Waals surface area contributed by atoms with Crippen molar-refractivity contribution in [2.75, 3.05) is 31.2 Å². The number of carbonyl (C=O) groups is 2. The number of aldehydes is 1. The summed E-state index contributed by atoms with van der Waals surface area (Å²) < 4.78 is 7.77. The van der Waals surface area contributed by atoms with Crippen molar-refractivity contribution in [3.63, 3.8) is 0 Å². The second-order valence-electron chi connectivity index (χ2n) is 3.87. The number of carbonyl (C=O) groups excluding carboxylic acids is 2. The number of rotatable bonds is 3. The van der Waals surface area contributed by atoms with E-state index in [1.54, 1.807) is 17.8 Å². The first-order chi connectivity index (χ1) is 8.15. The minimum atomic E-state index is -0.500. The first-order valence-electron chi connectivity index (χ1n) is 5.32. The normalized spacial score (nSPS) is 16.0. The standard InChI is InChI=1S/C11H13BrN2O3/c1-13-6-8(12)10(11(13)9(16)7-15)14-2-4-17-5-3-14/h6-7H,2-5H2,1H3. The Morgan fingerprint density at radius 3 is 2.71 bits per heavy atom. The van der Waals surface area contributed by atoms with Gasteiger partial charge < -0.3 is 14.2 Å². The third-order valence-corrected chi connectivity index (χ3v) is 3.36. The molecule has 0 atom stereocenters. The van der Waals surface area contributed by atoms with Gasteiger partial charge in [0.15, 0.2) is 6.29 Å². The average Bonchev–Trinajstić information content (AvgIpc) is 2.64. The maximum Gasteiger partial charge on any atom is 0.243 e. The summed E-state index contributed by atoms with van der Waals surface area (Å²) in [4.78, 5) is 24.4. The van der Waals surface area contributed by atoms with Gasteiger partial charge in [0.25, 0.3) is 0 Å². The highest BCUT2D eigenvalue weighted by Gasteiger charge is 2.24. The Morgan fingerprint density at radius 1 is 1.47 bits per heavy atom. The molecule has 5 nitrogen and oxygen atoms in total. The molecule has 6 heteroatoms. The van der Waals surface area contributed by atoms with Crippen LogP contribution < -0.4 is 4.90 Å². The molecule has 0 saturated carbocycles. The van der Waals surface area contributed by atoms with Gasteiger partial charge in [-0.05, 0) is 15.9 Å². The van der Waals surface area contributed by atoms with E-state index >= 15 is 0 Å². The number of ketones is 1. The zero-order valence-electron chi connectivity index (χ0n) is 9.48. The Morgan fingerprint density at radius 2 is 2.12 bits per heavy atom. The van der Waals surface area contributed by atoms with Crippen LogP contribution in [0.3, 0.4) is 0 Å². The average molecular weight is 301 g/mol. The zero-order chi connectivity index (χ0) is 12.4. The van der Waals surface area contributed by atoms with Gasteiger partial charge in [-0.25, -0.2) is 0 Å². The number of anilines is 1. The minimum absolute atomic E-state index is 0.353. The van der Waals surface area contributed by atoms with Crippen molar-refractivity contribution in [2.24, 2.45) is 7.05 Å². The van der Waals surface area contributed by atoms with E-state index in [9.17, 15) is 9.59 Å². The molecule has 0 unspecified atom stereocenters. The maximum atomic E-state index is 11.6. The van der Waals surface area contributed by atoms with Gasteiger partial charge in [-0.3, -0.25) is 9.59 Å². The van der Waals surface area contributed by atoms with Crippen LogP contribution in [0.2, 0.25) is 0 Å². The summed E-state index contributed by atoms with van der Waals surface area (Å²) in [5.41, 5.74) is 1.21. The number of nitrogens with zero attached hydrogens (tertiary/aromatic N) is 2. The second-order valence-corrected chi connectivity index (χ2v) is 4.72. The molecule has 0 amide bonds. The molecule has 1 aromatic heterocycles. The van der Waals surface area contributed by atoms with Crippen molar-refractivity contribution in [1.29, 1.82) is 0 Å². The predicted octanol–water partition coefficient (Wildman–Crippen LogP) is 1.01. The van der Waals surface area contributed by atoms with Gasteiger partial charge in [-0.2, -0.15) is 0 Å². The van der Waals surface area contributed by atoms with Crippen LogP contribution in [0.5, 0.6) is 0 Å². The van der Waals surface area contributed by atoms with Crippen LogP contribution in [-0.4, -0.2) is 42.9 Å². The van der Waals surface area contributed by atoms with Crippen LogP contribution in [0.25, 0.3) is 0 Å². The lowest BCUT2D eigenvalue weighted by Crippen LogP contribution is -2.37. The van der Waals surface area contributed by atoms with Crippen LogP contribution >= 0.6 is 15.9 Å². The van der Waals surface area contributed by atoms with Gasteiger partial charge in [-0.15, -0.1) is 0 Å². The van der Waals surface area contributed by atoms with Crippen molar-refractivity contribution in [3.05, 3.63) is 16.4 Å². The molecule has 2 rings (SSSR count). The van der Waals surface area contributed by atoms with Crippen LogP contribution in [0.4, 0.5) is 5.69 Å². The van der Waals surface area contributed by atoms with Gasteiger partial charge in [0.1, 0.15) is 5.69 Å². The fourth-order valence-corrected chi connectivity index (χ4v) is 2.76. The molecule has 2 heterocycles. The van der Waals surface area contributed by atoms with Crippen LogP contribution in [-0.2, 0) is 16.6 Å². The highest BCUT2D eigenvalue weighted by Crippen LogP contribution is 2.32. The van der Waals surface area contributed by atoms with Gasteiger partial charge in [0.2, 0.25) is 5.78 Å². The Hall–Kier alpha value is -1.14. The number of morpholine rings is 1. The molecule has 1 saturated heterocycles. The van der Waals surface area contributed by atoms with E-state index in [4.69, 9.17) is 4.74 Å². The molecular weight excluding hydrogens is 288 g/mol. The molecule has 0 N–H and O–H groups in total. The number of hydrogen-bond donors (Lipinski definition) is 0. The van der Waals surface area contributed by atoms with E-state index in [0.717, 1.165) is 23.2 Å². The molecule has 17 heavy (non-hydrogen) atoms. The number of hydrogen-bond acceptors (Lipinski definition) is 4. The molecule has 1 aliphatic rings. The quantitative estimate of drug-likeness (QED) is 0.475. The summed E-state index contributed by atoms with van der Waals surface area (Å²) >= 11 is 3.43. The Kier molecular flexibility index (Phi) is 3.63. The van der Waals surface area contributed by atoms with Crippen LogP contribution in [0, 0.1) is 0 Å². The summed E-state index contributed by atoms with van der Waals surface area (Å²) in [6.07, 6.45) is 2.15. The Labute approximate surface area is 107 Å². The third kappa shape index (κ3) is 2.28. The molecule has 0 bridgehead atoms. The minimum Gasteiger partial charge on any atom is -0.378 e. The summed E-state index contributed by atoms with van der Waals surface area (Å²) in [5.74, 6) is -0.500. The van der Waals surface area contributed by atoms with Crippen molar-refractivity contribution in [1.82, 2.24) is 4.57 Å². The molecule has 0 aromatic carbocycles. The molecular formula is C11H13BrN2O3. The molecule has 0 aliphatic carbocycles. The zero-order valence-corrected chi connectivity index (χ0v) is 11.1. The smallest absolute Gasteiger partial charge is 0.243 e. The van der Waals surface area contributed by atoms with E-state index in [1.165, 1.54) is 0 Å². The van der Waals surface area contributed by atoms with E-state index in [-0.39, 0.29) is 0 Å².